The second-order valence-electron chi connectivity index (χ2n) is 17.6. The van der Waals surface area contributed by atoms with Gasteiger partial charge in [0.2, 0.25) is 0 Å². The van der Waals surface area contributed by atoms with Crippen LogP contribution in [-0.2, 0) is 33.5 Å². The number of unbranched alkanes of at least 4 members (excludes halogenated alkanes) is 20. The zero-order valence-electron chi connectivity index (χ0n) is 37.9. The summed E-state index contributed by atoms with van der Waals surface area (Å²) in [6.45, 7) is 2.38. The van der Waals surface area contributed by atoms with Gasteiger partial charge in [-0.25, -0.2) is 4.57 Å². The van der Waals surface area contributed by atoms with Crippen LogP contribution in [0.1, 0.15) is 165 Å². The van der Waals surface area contributed by atoms with E-state index in [-0.39, 0.29) is 32.2 Å². The normalized spacial score (nSPS) is 13.6. The van der Waals surface area contributed by atoms with Gasteiger partial charge in [-0.15, -0.1) is 0 Å². The van der Waals surface area contributed by atoms with Crippen LogP contribution in [-0.4, -0.2) is 69.0 Å². The van der Waals surface area contributed by atoms with E-state index in [0.29, 0.717) is 11.0 Å². The molecule has 0 saturated carbocycles. The van der Waals surface area contributed by atoms with Gasteiger partial charge in [-0.05, 0) is 23.1 Å². The van der Waals surface area contributed by atoms with Crippen molar-refractivity contribution < 1.29 is 37.3 Å². The predicted octanol–water partition coefficient (Wildman–Crippen LogP) is 13.3. The van der Waals surface area contributed by atoms with Gasteiger partial charge in [-0.1, -0.05) is 226 Å². The first-order chi connectivity index (χ1) is 29.1. The van der Waals surface area contributed by atoms with Crippen molar-refractivity contribution >= 4 is 13.8 Å². The van der Waals surface area contributed by atoms with Gasteiger partial charge in [0.05, 0.1) is 34.4 Å². The number of carbonyl (C=O) groups excluding carboxylic acids is 1. The molecule has 0 amide bonds. The second kappa shape index (κ2) is 30.2. The van der Waals surface area contributed by atoms with Crippen molar-refractivity contribution in [2.24, 2.45) is 0 Å². The molecular formula is C51H81NO7P+. The highest BCUT2D eigenvalue weighted by molar-refractivity contribution is 7.47. The summed E-state index contributed by atoms with van der Waals surface area (Å²) < 4.78 is 37.2. The molecule has 336 valence electrons. The van der Waals surface area contributed by atoms with Crippen molar-refractivity contribution in [1.82, 2.24) is 0 Å². The number of likely N-dealkylation sites (N-methyl/N-ethyl adjacent to an activating group) is 1. The Labute approximate surface area is 365 Å². The Kier molecular flexibility index (Phi) is 26.0. The molecule has 3 aromatic carbocycles. The maximum absolute atomic E-state index is 13.3. The van der Waals surface area contributed by atoms with Crippen LogP contribution in [0.3, 0.4) is 0 Å². The molecule has 0 fully saturated rings. The molecule has 3 rings (SSSR count). The van der Waals surface area contributed by atoms with E-state index >= 15 is 0 Å². The molecule has 0 bridgehead atoms. The highest BCUT2D eigenvalue weighted by atomic mass is 31.2. The summed E-state index contributed by atoms with van der Waals surface area (Å²) in [5.74, 6) is -0.381. The zero-order valence-corrected chi connectivity index (χ0v) is 38.8. The third-order valence-electron chi connectivity index (χ3n) is 11.2. The number of nitrogens with zero attached hydrogens (tertiary/aromatic N) is 1. The van der Waals surface area contributed by atoms with E-state index in [2.05, 4.69) is 6.92 Å². The molecule has 0 spiro atoms. The van der Waals surface area contributed by atoms with E-state index in [4.69, 9.17) is 18.5 Å². The van der Waals surface area contributed by atoms with Crippen LogP contribution < -0.4 is 0 Å². The van der Waals surface area contributed by atoms with E-state index in [9.17, 15) is 14.3 Å². The van der Waals surface area contributed by atoms with Crippen molar-refractivity contribution in [3.8, 4) is 0 Å². The summed E-state index contributed by atoms with van der Waals surface area (Å²) in [6.07, 6.45) is 26.7. The molecule has 1 N–H and O–H groups in total. The van der Waals surface area contributed by atoms with Crippen molar-refractivity contribution in [1.29, 1.82) is 0 Å². The lowest BCUT2D eigenvalue weighted by molar-refractivity contribution is -0.870. The Bertz CT molecular complexity index is 1450. The molecule has 0 heterocycles. The van der Waals surface area contributed by atoms with Crippen molar-refractivity contribution in [2.45, 2.75) is 160 Å². The van der Waals surface area contributed by atoms with Gasteiger partial charge in [-0.2, -0.15) is 0 Å². The average molecular weight is 851 g/mol. The number of esters is 1. The lowest BCUT2D eigenvalue weighted by Crippen LogP contribution is -2.38. The predicted molar refractivity (Wildman–Crippen MR) is 247 cm³/mol. The number of hydrogen-bond donors (Lipinski definition) is 1. The van der Waals surface area contributed by atoms with Gasteiger partial charge in [0, 0.05) is 6.42 Å². The number of hydrogen-bond acceptors (Lipinski definition) is 6. The summed E-state index contributed by atoms with van der Waals surface area (Å²) in [7, 11) is 1.49. The Morgan fingerprint density at radius 2 is 0.933 bits per heavy atom. The molecule has 0 aliphatic carbocycles. The van der Waals surface area contributed by atoms with Crippen molar-refractivity contribution in [3.05, 3.63) is 108 Å². The van der Waals surface area contributed by atoms with Gasteiger partial charge in [0.1, 0.15) is 24.9 Å². The summed E-state index contributed by atoms with van der Waals surface area (Å²) in [5, 5.41) is 0. The van der Waals surface area contributed by atoms with Crippen molar-refractivity contribution in [2.75, 3.05) is 47.5 Å². The van der Waals surface area contributed by atoms with Crippen LogP contribution in [0.15, 0.2) is 91.0 Å². The Morgan fingerprint density at radius 3 is 1.30 bits per heavy atom. The summed E-state index contributed by atoms with van der Waals surface area (Å²) in [6, 6.07) is 29.8. The number of quaternary nitrogens is 1. The molecule has 0 aliphatic heterocycles. The number of ether oxygens (including phenoxy) is 2. The van der Waals surface area contributed by atoms with Crippen LogP contribution in [0.2, 0.25) is 0 Å². The highest BCUT2D eigenvalue weighted by Gasteiger charge is 2.39. The van der Waals surface area contributed by atoms with E-state index in [0.717, 1.165) is 36.0 Å². The topological polar surface area (TPSA) is 91.3 Å². The smallest absolute Gasteiger partial charge is 0.457 e. The van der Waals surface area contributed by atoms with E-state index in [1.807, 2.05) is 112 Å². The van der Waals surface area contributed by atoms with Gasteiger partial charge in [-0.3, -0.25) is 13.8 Å². The largest absolute Gasteiger partial charge is 0.472 e. The van der Waals surface area contributed by atoms with Gasteiger partial charge in [0.15, 0.2) is 0 Å². The summed E-state index contributed by atoms with van der Waals surface area (Å²) in [5.41, 5.74) is 1.61. The number of phosphoric ester groups is 1. The third-order valence-corrected chi connectivity index (χ3v) is 12.2. The average Bonchev–Trinajstić information content (AvgIpc) is 3.24. The maximum Gasteiger partial charge on any atom is 0.472 e. The molecule has 3 aromatic rings. The quantitative estimate of drug-likeness (QED) is 0.0205. The van der Waals surface area contributed by atoms with Crippen molar-refractivity contribution in [3.63, 3.8) is 0 Å². The maximum atomic E-state index is 13.3. The number of rotatable bonds is 36. The zero-order chi connectivity index (χ0) is 43.2. The minimum atomic E-state index is -4.43. The Morgan fingerprint density at radius 1 is 0.567 bits per heavy atom. The second-order valence-corrected chi connectivity index (χ2v) is 19.1. The standard InChI is InChI=1S/C51H80NO7P/c1-5-6-7-8-9-10-11-12-13-14-15-16-17-18-19-20-21-22-23-24-34-41-50(53)59-49(45-58-60(54,55)57-43-42-52(2,3)4)44-56-51(46-35-28-25-29-36-46,47-37-30-26-31-38-47)48-39-32-27-33-40-48/h25-33,35-40,49H,5-24,34,41-45H2,1-4H3/p+1/t49-/m1/s1. The molecule has 1 unspecified atom stereocenters. The van der Waals surface area contributed by atoms with E-state index in [1.165, 1.54) is 116 Å². The number of phosphoric acid groups is 1. The Balaban J connectivity index is 1.45. The molecule has 0 radical (unpaired) electrons. The van der Waals surface area contributed by atoms with Gasteiger partial charge in [0.25, 0.3) is 0 Å². The Hall–Kier alpha value is -2.84. The minimum Gasteiger partial charge on any atom is -0.457 e. The van der Waals surface area contributed by atoms with E-state index in [1.54, 1.807) is 0 Å². The lowest BCUT2D eigenvalue weighted by Gasteiger charge is -2.37. The molecule has 0 aromatic heterocycles. The molecule has 0 aliphatic rings. The SMILES string of the molecule is CCCCCCCCCCCCCCCCCCCCCCCC(=O)O[C@H](COC(c1ccccc1)(c1ccccc1)c1ccccc1)COP(=O)(O)OCC[N+](C)(C)C. The minimum absolute atomic E-state index is 0.0385. The highest BCUT2D eigenvalue weighted by Crippen LogP contribution is 2.44. The molecule has 8 nitrogen and oxygen atoms in total. The lowest BCUT2D eigenvalue weighted by atomic mass is 9.80. The third kappa shape index (κ3) is 21.8. The van der Waals surface area contributed by atoms with Crippen LogP contribution in [0.4, 0.5) is 0 Å². The monoisotopic (exact) mass is 851 g/mol. The molecule has 2 atom stereocenters. The fourth-order valence-electron chi connectivity index (χ4n) is 7.69. The fraction of sp³-hybridized carbons (Fsp3) is 0.627. The first kappa shape index (κ1) is 51.5. The number of carbonyl (C=O) groups is 1. The van der Waals surface area contributed by atoms with Crippen LogP contribution in [0.25, 0.3) is 0 Å². The fourth-order valence-corrected chi connectivity index (χ4v) is 8.44. The first-order valence-electron chi connectivity index (χ1n) is 23.5. The molecule has 9 heteroatoms. The van der Waals surface area contributed by atoms with Crippen LogP contribution >= 0.6 is 7.82 Å². The number of benzene rings is 3. The van der Waals surface area contributed by atoms with Gasteiger partial charge >= 0.3 is 13.8 Å². The first-order valence-corrected chi connectivity index (χ1v) is 25.0. The van der Waals surface area contributed by atoms with Crippen LogP contribution in [0.5, 0.6) is 0 Å². The summed E-state index contributed by atoms with van der Waals surface area (Å²) in [4.78, 5) is 23.9. The van der Waals surface area contributed by atoms with E-state index < -0.39 is 19.5 Å². The van der Waals surface area contributed by atoms with Crippen LogP contribution in [0, 0.1) is 0 Å². The molecular weight excluding hydrogens is 770 g/mol. The molecule has 60 heavy (non-hydrogen) atoms. The molecule has 0 saturated heterocycles. The summed E-state index contributed by atoms with van der Waals surface area (Å²) >= 11 is 0. The van der Waals surface area contributed by atoms with Gasteiger partial charge < -0.3 is 18.9 Å².